The number of aromatic amines is 1. The van der Waals surface area contributed by atoms with Gasteiger partial charge in [-0.1, -0.05) is 0 Å². The number of hydrogen-bond acceptors (Lipinski definition) is 4. The van der Waals surface area contributed by atoms with Crippen LogP contribution in [0.2, 0.25) is 0 Å². The fourth-order valence-electron chi connectivity index (χ4n) is 2.75. The molecule has 0 spiro atoms. The lowest BCUT2D eigenvalue weighted by Crippen LogP contribution is -2.41. The van der Waals surface area contributed by atoms with Crippen LogP contribution in [0, 0.1) is 6.92 Å². The van der Waals surface area contributed by atoms with E-state index in [9.17, 15) is 8.42 Å². The molecule has 0 radical (unpaired) electrons. The van der Waals surface area contributed by atoms with Crippen molar-refractivity contribution in [3.8, 4) is 0 Å². The Balaban J connectivity index is 2.36. The lowest BCUT2D eigenvalue weighted by Gasteiger charge is -2.26. The Morgan fingerprint density at radius 1 is 1.50 bits per heavy atom. The third-order valence-corrected chi connectivity index (χ3v) is 5.96. The van der Waals surface area contributed by atoms with E-state index in [4.69, 9.17) is 11.6 Å². The van der Waals surface area contributed by atoms with Gasteiger partial charge in [-0.3, -0.25) is 5.10 Å². The van der Waals surface area contributed by atoms with Crippen molar-refractivity contribution in [2.24, 2.45) is 0 Å². The second-order valence-corrected chi connectivity index (χ2v) is 7.53. The van der Waals surface area contributed by atoms with Crippen LogP contribution < -0.4 is 0 Å². The summed E-state index contributed by atoms with van der Waals surface area (Å²) in [4.78, 5) is 2.27. The van der Waals surface area contributed by atoms with E-state index in [2.05, 4.69) is 10.2 Å². The second kappa shape index (κ2) is 6.01. The normalized spacial score (nSPS) is 20.9. The lowest BCUT2D eigenvalue weighted by atomic mass is 10.2. The minimum Gasteiger partial charge on any atom is -0.308 e. The average molecular weight is 321 g/mol. The molecule has 1 saturated heterocycles. The summed E-state index contributed by atoms with van der Waals surface area (Å²) in [5.74, 6) is 0.0884. The molecule has 0 bridgehead atoms. The first-order valence-electron chi connectivity index (χ1n) is 6.64. The van der Waals surface area contributed by atoms with Crippen molar-refractivity contribution in [2.75, 3.05) is 27.2 Å². The van der Waals surface area contributed by atoms with Gasteiger partial charge in [-0.25, -0.2) is 8.42 Å². The number of aromatic nitrogens is 2. The van der Waals surface area contributed by atoms with Gasteiger partial charge in [0, 0.05) is 19.1 Å². The van der Waals surface area contributed by atoms with Gasteiger partial charge in [0.2, 0.25) is 10.0 Å². The predicted molar refractivity (Wildman–Crippen MR) is 78.3 cm³/mol. The quantitative estimate of drug-likeness (QED) is 0.827. The van der Waals surface area contributed by atoms with Crippen LogP contribution in [0.15, 0.2) is 4.90 Å². The standard InChI is InChI=1S/C12H21ClN4O2S/c1-9-12(11(7-13)15-14-9)20(18,19)17-6-4-5-10(17)8-16(2)3/h10H,4-8H2,1-3H3,(H,14,15). The van der Waals surface area contributed by atoms with E-state index < -0.39 is 10.0 Å². The summed E-state index contributed by atoms with van der Waals surface area (Å²) in [6.45, 7) is 3.01. The van der Waals surface area contributed by atoms with E-state index in [-0.39, 0.29) is 16.8 Å². The molecule has 114 valence electrons. The summed E-state index contributed by atoms with van der Waals surface area (Å²) in [6, 6.07) is 0.0208. The summed E-state index contributed by atoms with van der Waals surface area (Å²) in [5, 5.41) is 6.71. The van der Waals surface area contributed by atoms with Crippen LogP contribution in [-0.4, -0.2) is 61.0 Å². The van der Waals surface area contributed by atoms with E-state index in [1.54, 1.807) is 11.2 Å². The monoisotopic (exact) mass is 320 g/mol. The number of hydrogen-bond donors (Lipinski definition) is 1. The van der Waals surface area contributed by atoms with E-state index in [0.29, 0.717) is 17.9 Å². The topological polar surface area (TPSA) is 69.3 Å². The van der Waals surface area contributed by atoms with Crippen molar-refractivity contribution in [3.63, 3.8) is 0 Å². The molecule has 0 saturated carbocycles. The molecule has 20 heavy (non-hydrogen) atoms. The van der Waals surface area contributed by atoms with Gasteiger partial charge >= 0.3 is 0 Å². The number of H-pyrrole nitrogens is 1. The highest BCUT2D eigenvalue weighted by Gasteiger charge is 2.38. The number of likely N-dealkylation sites (N-methyl/N-ethyl adjacent to an activating group) is 1. The zero-order valence-corrected chi connectivity index (χ0v) is 13.6. The van der Waals surface area contributed by atoms with Crippen LogP contribution in [-0.2, 0) is 15.9 Å². The van der Waals surface area contributed by atoms with Crippen molar-refractivity contribution in [1.29, 1.82) is 0 Å². The number of rotatable bonds is 5. The third-order valence-electron chi connectivity index (χ3n) is 3.55. The Kier molecular flexibility index (Phi) is 4.73. The Bertz CT molecular complexity index is 570. The van der Waals surface area contributed by atoms with Crippen LogP contribution in [0.1, 0.15) is 24.2 Å². The van der Waals surface area contributed by atoms with Crippen molar-refractivity contribution in [3.05, 3.63) is 11.4 Å². The SMILES string of the molecule is Cc1[nH]nc(CCl)c1S(=O)(=O)N1CCCC1CN(C)C. The molecule has 1 unspecified atom stereocenters. The number of alkyl halides is 1. The molecule has 1 fully saturated rings. The Labute approximate surface area is 125 Å². The molecular weight excluding hydrogens is 300 g/mol. The van der Waals surface area contributed by atoms with Gasteiger partial charge in [-0.2, -0.15) is 9.40 Å². The highest BCUT2D eigenvalue weighted by atomic mass is 35.5. The van der Waals surface area contributed by atoms with Crippen LogP contribution in [0.25, 0.3) is 0 Å². The van der Waals surface area contributed by atoms with Crippen molar-refractivity contribution in [2.45, 2.75) is 36.6 Å². The smallest absolute Gasteiger partial charge is 0.247 e. The van der Waals surface area contributed by atoms with Gasteiger partial charge in [-0.15, -0.1) is 11.6 Å². The maximum atomic E-state index is 12.9. The fraction of sp³-hybridized carbons (Fsp3) is 0.750. The average Bonchev–Trinajstić information content (AvgIpc) is 2.95. The van der Waals surface area contributed by atoms with Crippen LogP contribution in [0.3, 0.4) is 0 Å². The Morgan fingerprint density at radius 2 is 2.20 bits per heavy atom. The van der Waals surface area contributed by atoms with Gasteiger partial charge < -0.3 is 4.90 Å². The summed E-state index contributed by atoms with van der Waals surface area (Å²) in [5.41, 5.74) is 0.954. The molecule has 1 N–H and O–H groups in total. The van der Waals surface area contributed by atoms with Crippen molar-refractivity contribution < 1.29 is 8.42 Å². The van der Waals surface area contributed by atoms with Crippen LogP contribution in [0.5, 0.6) is 0 Å². The summed E-state index contributed by atoms with van der Waals surface area (Å²) >= 11 is 5.81. The number of sulfonamides is 1. The van der Waals surface area contributed by atoms with E-state index in [0.717, 1.165) is 19.4 Å². The molecule has 1 atom stereocenters. The molecule has 1 aromatic heterocycles. The van der Waals surface area contributed by atoms with Gasteiger partial charge in [-0.05, 0) is 33.9 Å². The first kappa shape index (κ1) is 15.8. The molecule has 0 aliphatic carbocycles. The Morgan fingerprint density at radius 3 is 2.80 bits per heavy atom. The van der Waals surface area contributed by atoms with E-state index in [1.807, 2.05) is 19.0 Å². The minimum absolute atomic E-state index is 0.0208. The fourth-order valence-corrected chi connectivity index (χ4v) is 5.04. The van der Waals surface area contributed by atoms with Crippen LogP contribution >= 0.6 is 11.6 Å². The first-order chi connectivity index (χ1) is 9.37. The summed E-state index contributed by atoms with van der Waals surface area (Å²) in [7, 11) is 0.374. The number of nitrogens with one attached hydrogen (secondary N) is 1. The molecule has 6 nitrogen and oxygen atoms in total. The zero-order chi connectivity index (χ0) is 14.9. The molecule has 2 rings (SSSR count). The molecule has 1 aromatic rings. The number of nitrogens with zero attached hydrogens (tertiary/aromatic N) is 3. The second-order valence-electron chi connectivity index (χ2n) is 5.43. The summed E-state index contributed by atoms with van der Waals surface area (Å²) in [6.07, 6.45) is 1.79. The molecule has 2 heterocycles. The van der Waals surface area contributed by atoms with Gasteiger partial charge in [0.05, 0.1) is 17.3 Å². The molecule has 8 heteroatoms. The molecule has 1 aliphatic rings. The maximum Gasteiger partial charge on any atom is 0.247 e. The van der Waals surface area contributed by atoms with Crippen molar-refractivity contribution >= 4 is 21.6 Å². The highest BCUT2D eigenvalue weighted by Crippen LogP contribution is 2.29. The minimum atomic E-state index is -3.54. The number of aryl methyl sites for hydroxylation is 1. The molecule has 0 aromatic carbocycles. The van der Waals surface area contributed by atoms with Crippen LogP contribution in [0.4, 0.5) is 0 Å². The highest BCUT2D eigenvalue weighted by molar-refractivity contribution is 7.89. The van der Waals surface area contributed by atoms with Gasteiger partial charge in [0.25, 0.3) is 0 Å². The van der Waals surface area contributed by atoms with E-state index in [1.165, 1.54) is 0 Å². The van der Waals surface area contributed by atoms with Gasteiger partial charge in [0.1, 0.15) is 4.90 Å². The molecular formula is C12H21ClN4O2S. The van der Waals surface area contributed by atoms with Crippen molar-refractivity contribution in [1.82, 2.24) is 19.4 Å². The Hall–Kier alpha value is -0.630. The zero-order valence-electron chi connectivity index (χ0n) is 12.1. The van der Waals surface area contributed by atoms with E-state index >= 15 is 0 Å². The lowest BCUT2D eigenvalue weighted by molar-refractivity contribution is 0.291. The molecule has 0 amide bonds. The first-order valence-corrected chi connectivity index (χ1v) is 8.61. The predicted octanol–water partition coefficient (Wildman–Crippen LogP) is 1.17. The van der Waals surface area contributed by atoms with Gasteiger partial charge in [0.15, 0.2) is 0 Å². The largest absolute Gasteiger partial charge is 0.308 e. The third kappa shape index (κ3) is 2.86. The maximum absolute atomic E-state index is 12.9. The molecule has 1 aliphatic heterocycles. The number of halogens is 1. The summed E-state index contributed by atoms with van der Waals surface area (Å²) < 4.78 is 27.4.